The molecule has 0 aliphatic carbocycles. The number of nitrogens with one attached hydrogen (secondary N) is 1. The lowest BCUT2D eigenvalue weighted by Gasteiger charge is -2.25. The zero-order valence-corrected chi connectivity index (χ0v) is 12.9. The van der Waals surface area contributed by atoms with Crippen LogP contribution in [0.3, 0.4) is 0 Å². The summed E-state index contributed by atoms with van der Waals surface area (Å²) in [6.07, 6.45) is 0.807. The van der Waals surface area contributed by atoms with E-state index in [1.165, 1.54) is 23.2 Å². The molecule has 1 fully saturated rings. The van der Waals surface area contributed by atoms with Gasteiger partial charge in [0.15, 0.2) is 11.6 Å². The average molecular weight is 334 g/mol. The summed E-state index contributed by atoms with van der Waals surface area (Å²) in [6, 6.07) is 4.20. The second-order valence-electron chi connectivity index (χ2n) is 5.93. The Kier molecular flexibility index (Phi) is 4.19. The summed E-state index contributed by atoms with van der Waals surface area (Å²) in [5.41, 5.74) is 0.911. The maximum absolute atomic E-state index is 13.5. The number of aromatic nitrogens is 1. The Morgan fingerprint density at radius 1 is 1.29 bits per heavy atom. The van der Waals surface area contributed by atoms with Crippen molar-refractivity contribution in [2.75, 3.05) is 6.54 Å². The molecule has 1 saturated heterocycles. The van der Waals surface area contributed by atoms with E-state index in [1.54, 1.807) is 6.92 Å². The first-order chi connectivity index (χ1) is 11.4. The van der Waals surface area contributed by atoms with Gasteiger partial charge in [-0.15, -0.1) is 0 Å². The van der Waals surface area contributed by atoms with Gasteiger partial charge in [0, 0.05) is 18.8 Å². The number of carbonyl (C=O) groups is 1. The van der Waals surface area contributed by atoms with Crippen molar-refractivity contribution in [1.82, 2.24) is 9.88 Å². The van der Waals surface area contributed by atoms with Crippen molar-refractivity contribution in [3.05, 3.63) is 69.1 Å². The molecule has 0 saturated carbocycles. The Morgan fingerprint density at radius 3 is 2.71 bits per heavy atom. The van der Waals surface area contributed by atoms with Gasteiger partial charge in [0.2, 0.25) is 5.56 Å². The molecule has 0 radical (unpaired) electrons. The number of aliphatic hydroxyl groups excluding tert-OH is 1. The third-order valence-corrected chi connectivity index (χ3v) is 4.23. The molecule has 3 rings (SSSR count). The molecule has 1 aliphatic heterocycles. The van der Waals surface area contributed by atoms with E-state index in [2.05, 4.69) is 4.98 Å². The second-order valence-corrected chi connectivity index (χ2v) is 5.93. The monoisotopic (exact) mass is 334 g/mol. The maximum atomic E-state index is 13.5. The highest BCUT2D eigenvalue weighted by molar-refractivity contribution is 5.95. The van der Waals surface area contributed by atoms with Gasteiger partial charge in [-0.1, -0.05) is 6.07 Å². The molecule has 126 valence electrons. The number of aliphatic hydroxyl groups is 1. The van der Waals surface area contributed by atoms with Gasteiger partial charge < -0.3 is 15.0 Å². The SMILES string of the molecule is Cc1cc(=O)[nH]cc1C(=O)N1C[C@@H](O)C[C@H]1c1ccc(F)c(F)c1. The molecular weight excluding hydrogens is 318 g/mol. The first kappa shape index (κ1) is 16.3. The van der Waals surface area contributed by atoms with Crippen LogP contribution >= 0.6 is 0 Å². The number of amides is 1. The minimum atomic E-state index is -0.999. The van der Waals surface area contributed by atoms with Gasteiger partial charge in [0.1, 0.15) is 0 Å². The quantitative estimate of drug-likeness (QED) is 0.881. The molecular formula is C17H16F2N2O3. The Labute approximate surface area is 136 Å². The average Bonchev–Trinajstić information content (AvgIpc) is 2.91. The van der Waals surface area contributed by atoms with Crippen molar-refractivity contribution in [3.63, 3.8) is 0 Å². The van der Waals surface area contributed by atoms with E-state index in [1.807, 2.05) is 0 Å². The van der Waals surface area contributed by atoms with Crippen molar-refractivity contribution in [3.8, 4) is 0 Å². The van der Waals surface area contributed by atoms with Crippen LogP contribution in [0.15, 0.2) is 35.3 Å². The Morgan fingerprint density at radius 2 is 2.04 bits per heavy atom. The molecule has 1 aliphatic rings. The van der Waals surface area contributed by atoms with Crippen molar-refractivity contribution in [2.24, 2.45) is 0 Å². The number of aryl methyl sites for hydroxylation is 1. The molecule has 2 atom stereocenters. The fraction of sp³-hybridized carbons (Fsp3) is 0.294. The maximum Gasteiger partial charge on any atom is 0.256 e. The summed E-state index contributed by atoms with van der Waals surface area (Å²) in [5, 5.41) is 9.94. The number of β-amino-alcohol motifs (C(OH)–C–C–N with tert-alkyl or cyclic N) is 1. The number of hydrogen-bond acceptors (Lipinski definition) is 3. The zero-order valence-electron chi connectivity index (χ0n) is 12.9. The zero-order chi connectivity index (χ0) is 17.4. The van der Waals surface area contributed by atoms with Gasteiger partial charge >= 0.3 is 0 Å². The number of halogens is 2. The van der Waals surface area contributed by atoms with Crippen molar-refractivity contribution in [1.29, 1.82) is 0 Å². The molecule has 2 aromatic rings. The summed E-state index contributed by atoms with van der Waals surface area (Å²) >= 11 is 0. The number of carbonyl (C=O) groups excluding carboxylic acids is 1. The summed E-state index contributed by atoms with van der Waals surface area (Å²) < 4.78 is 26.6. The number of rotatable bonds is 2. The van der Waals surface area contributed by atoms with Crippen LogP contribution in [0.25, 0.3) is 0 Å². The van der Waals surface area contributed by atoms with Crippen LogP contribution < -0.4 is 5.56 Å². The topological polar surface area (TPSA) is 73.4 Å². The van der Waals surface area contributed by atoms with Gasteiger partial charge in [0.25, 0.3) is 5.91 Å². The molecule has 0 bridgehead atoms. The fourth-order valence-corrected chi connectivity index (χ4v) is 3.03. The van der Waals surface area contributed by atoms with Crippen LogP contribution in [0.5, 0.6) is 0 Å². The summed E-state index contributed by atoms with van der Waals surface area (Å²) in [5.74, 6) is -2.34. The van der Waals surface area contributed by atoms with E-state index in [4.69, 9.17) is 0 Å². The molecule has 0 unspecified atom stereocenters. The van der Waals surface area contributed by atoms with E-state index in [-0.39, 0.29) is 24.4 Å². The van der Waals surface area contributed by atoms with Crippen LogP contribution in [-0.4, -0.2) is 33.5 Å². The standard InChI is InChI=1S/C17H16F2N2O3/c1-9-4-16(23)20-7-12(9)17(24)21-8-11(22)6-15(21)10-2-3-13(18)14(19)5-10/h2-5,7,11,15,22H,6,8H2,1H3,(H,20,23)/t11-,15-/m0/s1. The number of hydrogen-bond donors (Lipinski definition) is 2. The third-order valence-electron chi connectivity index (χ3n) is 4.23. The van der Waals surface area contributed by atoms with Gasteiger partial charge in [-0.3, -0.25) is 9.59 Å². The Bertz CT molecular complexity index is 850. The summed E-state index contributed by atoms with van der Waals surface area (Å²) in [6.45, 7) is 1.72. The highest BCUT2D eigenvalue weighted by Crippen LogP contribution is 2.34. The Hall–Kier alpha value is -2.54. The number of benzene rings is 1. The number of likely N-dealkylation sites (tertiary alicyclic amines) is 1. The van der Waals surface area contributed by atoms with E-state index >= 15 is 0 Å². The molecule has 1 amide bonds. The highest BCUT2D eigenvalue weighted by atomic mass is 19.2. The van der Waals surface area contributed by atoms with E-state index in [0.717, 1.165) is 12.1 Å². The van der Waals surface area contributed by atoms with Crippen LogP contribution in [0.4, 0.5) is 8.78 Å². The predicted octanol–water partition coefficient (Wildman–Crippen LogP) is 1.91. The second kappa shape index (κ2) is 6.16. The number of aromatic amines is 1. The fourth-order valence-electron chi connectivity index (χ4n) is 3.03. The molecule has 7 heteroatoms. The normalized spacial score (nSPS) is 20.4. The first-order valence-corrected chi connectivity index (χ1v) is 7.50. The number of H-pyrrole nitrogens is 1. The van der Waals surface area contributed by atoms with Crippen LogP contribution in [0, 0.1) is 18.6 Å². The molecule has 0 spiro atoms. The van der Waals surface area contributed by atoms with Gasteiger partial charge in [-0.2, -0.15) is 0 Å². The number of pyridine rings is 1. The van der Waals surface area contributed by atoms with Crippen LogP contribution in [-0.2, 0) is 0 Å². The first-order valence-electron chi connectivity index (χ1n) is 7.50. The largest absolute Gasteiger partial charge is 0.391 e. The van der Waals surface area contributed by atoms with E-state index < -0.39 is 23.8 Å². The van der Waals surface area contributed by atoms with Crippen molar-refractivity contribution in [2.45, 2.75) is 25.5 Å². The third kappa shape index (κ3) is 2.94. The molecule has 2 N–H and O–H groups in total. The lowest BCUT2D eigenvalue weighted by molar-refractivity contribution is 0.0714. The molecule has 24 heavy (non-hydrogen) atoms. The predicted molar refractivity (Wildman–Crippen MR) is 82.6 cm³/mol. The lowest BCUT2D eigenvalue weighted by Crippen LogP contribution is -2.32. The molecule has 5 nitrogen and oxygen atoms in total. The van der Waals surface area contributed by atoms with Crippen molar-refractivity contribution >= 4 is 5.91 Å². The van der Waals surface area contributed by atoms with E-state index in [0.29, 0.717) is 16.7 Å². The molecule has 1 aromatic carbocycles. The molecule has 2 heterocycles. The van der Waals surface area contributed by atoms with Gasteiger partial charge in [0.05, 0.1) is 17.7 Å². The van der Waals surface area contributed by atoms with Gasteiger partial charge in [-0.25, -0.2) is 8.78 Å². The van der Waals surface area contributed by atoms with E-state index in [9.17, 15) is 23.5 Å². The van der Waals surface area contributed by atoms with Crippen LogP contribution in [0.1, 0.15) is 33.9 Å². The highest BCUT2D eigenvalue weighted by Gasteiger charge is 2.36. The number of nitrogens with zero attached hydrogens (tertiary/aromatic N) is 1. The lowest BCUT2D eigenvalue weighted by atomic mass is 10.0. The molecule has 1 aromatic heterocycles. The van der Waals surface area contributed by atoms with Gasteiger partial charge in [-0.05, 0) is 36.6 Å². The van der Waals surface area contributed by atoms with Crippen molar-refractivity contribution < 1.29 is 18.7 Å². The summed E-state index contributed by atoms with van der Waals surface area (Å²) in [7, 11) is 0. The van der Waals surface area contributed by atoms with Crippen LogP contribution in [0.2, 0.25) is 0 Å². The summed E-state index contributed by atoms with van der Waals surface area (Å²) in [4.78, 5) is 27.9. The minimum Gasteiger partial charge on any atom is -0.391 e. The Balaban J connectivity index is 1.96. The smallest absolute Gasteiger partial charge is 0.256 e. The minimum absolute atomic E-state index is 0.0844.